The summed E-state index contributed by atoms with van der Waals surface area (Å²) in [4.78, 5) is 27.7. The van der Waals surface area contributed by atoms with Gasteiger partial charge in [-0.1, -0.05) is 30.3 Å². The summed E-state index contributed by atoms with van der Waals surface area (Å²) in [5.74, 6) is -0.707. The number of rotatable bonds is 6. The maximum Gasteiger partial charge on any atom is 0.268 e. The van der Waals surface area contributed by atoms with Crippen LogP contribution < -0.4 is 10.2 Å². The maximum atomic E-state index is 12.7. The second kappa shape index (κ2) is 8.41. The van der Waals surface area contributed by atoms with Gasteiger partial charge in [0.1, 0.15) is 0 Å². The molecular formula is C22H20N2O4S2. The Bertz CT molecular complexity index is 1170. The van der Waals surface area contributed by atoms with E-state index in [9.17, 15) is 18.0 Å². The van der Waals surface area contributed by atoms with Gasteiger partial charge in [0.2, 0.25) is 5.91 Å². The summed E-state index contributed by atoms with van der Waals surface area (Å²) in [6, 6.07) is 17.2. The fourth-order valence-electron chi connectivity index (χ4n) is 3.40. The van der Waals surface area contributed by atoms with Crippen molar-refractivity contribution in [3.63, 3.8) is 0 Å². The monoisotopic (exact) mass is 440 g/mol. The van der Waals surface area contributed by atoms with Crippen LogP contribution in [0.5, 0.6) is 0 Å². The zero-order chi connectivity index (χ0) is 21.1. The lowest BCUT2D eigenvalue weighted by Crippen LogP contribution is -2.28. The predicted molar refractivity (Wildman–Crippen MR) is 118 cm³/mol. The van der Waals surface area contributed by atoms with Crippen LogP contribution in [-0.4, -0.2) is 32.5 Å². The van der Waals surface area contributed by atoms with Crippen LogP contribution in [0, 0.1) is 0 Å². The van der Waals surface area contributed by atoms with Crippen molar-refractivity contribution in [3.8, 4) is 0 Å². The summed E-state index contributed by atoms with van der Waals surface area (Å²) >= 11 is 1.40. The minimum atomic E-state index is -3.51. The molecule has 0 fully saturated rings. The number of benzene rings is 2. The molecule has 8 heteroatoms. The van der Waals surface area contributed by atoms with Gasteiger partial charge < -0.3 is 10.2 Å². The summed E-state index contributed by atoms with van der Waals surface area (Å²) in [5.41, 5.74) is 2.37. The summed E-state index contributed by atoms with van der Waals surface area (Å²) in [6.45, 7) is 0.596. The number of thiophene rings is 1. The van der Waals surface area contributed by atoms with Gasteiger partial charge in [-0.15, -0.1) is 11.3 Å². The van der Waals surface area contributed by atoms with Crippen LogP contribution in [0.15, 0.2) is 70.9 Å². The molecule has 0 bridgehead atoms. The van der Waals surface area contributed by atoms with Gasteiger partial charge in [-0.2, -0.15) is 0 Å². The molecule has 6 nitrogen and oxygen atoms in total. The number of hydrogen-bond acceptors (Lipinski definition) is 5. The Morgan fingerprint density at radius 2 is 1.83 bits per heavy atom. The van der Waals surface area contributed by atoms with E-state index in [0.29, 0.717) is 17.1 Å². The average Bonchev–Trinajstić information content (AvgIpc) is 3.43. The molecule has 0 aliphatic carbocycles. The Labute approximate surface area is 179 Å². The second-order valence-electron chi connectivity index (χ2n) is 6.96. The highest BCUT2D eigenvalue weighted by Crippen LogP contribution is 2.32. The van der Waals surface area contributed by atoms with Gasteiger partial charge >= 0.3 is 0 Å². The normalized spacial score (nSPS) is 13.1. The molecule has 0 atom stereocenters. The lowest BCUT2D eigenvalue weighted by Gasteiger charge is -2.17. The summed E-state index contributed by atoms with van der Waals surface area (Å²) in [7, 11) is -3.51. The Hall–Kier alpha value is -2.97. The fraction of sp³-hybridized carbons (Fsp3) is 0.182. The quantitative estimate of drug-likeness (QED) is 0.633. The van der Waals surface area contributed by atoms with Crippen molar-refractivity contribution in [1.29, 1.82) is 0 Å². The third kappa shape index (κ3) is 4.29. The molecule has 1 aliphatic rings. The molecule has 154 valence electrons. The topological polar surface area (TPSA) is 83.6 Å². The molecular weight excluding hydrogens is 420 g/mol. The van der Waals surface area contributed by atoms with E-state index < -0.39 is 9.84 Å². The van der Waals surface area contributed by atoms with Gasteiger partial charge in [-0.25, -0.2) is 8.42 Å². The van der Waals surface area contributed by atoms with E-state index in [4.69, 9.17) is 0 Å². The van der Waals surface area contributed by atoms with Gasteiger partial charge in [0.05, 0.1) is 15.5 Å². The molecule has 2 heterocycles. The second-order valence-corrected chi connectivity index (χ2v) is 10.0. The third-order valence-corrected chi connectivity index (χ3v) is 7.53. The molecule has 3 aromatic rings. The smallest absolute Gasteiger partial charge is 0.268 e. The largest absolute Gasteiger partial charge is 0.326 e. The zero-order valence-corrected chi connectivity index (χ0v) is 17.7. The van der Waals surface area contributed by atoms with Crippen molar-refractivity contribution in [1.82, 2.24) is 0 Å². The van der Waals surface area contributed by atoms with Gasteiger partial charge in [0, 0.05) is 24.3 Å². The molecule has 30 heavy (non-hydrogen) atoms. The van der Waals surface area contributed by atoms with Crippen LogP contribution in [0.4, 0.5) is 11.4 Å². The number of sulfone groups is 1. The Kier molecular flexibility index (Phi) is 5.69. The van der Waals surface area contributed by atoms with Gasteiger partial charge in [-0.3, -0.25) is 9.59 Å². The van der Waals surface area contributed by atoms with E-state index in [1.807, 2.05) is 17.5 Å². The summed E-state index contributed by atoms with van der Waals surface area (Å²) in [5, 5.41) is 4.62. The number of nitrogens with one attached hydrogen (secondary N) is 1. The molecule has 1 N–H and O–H groups in total. The van der Waals surface area contributed by atoms with Crippen molar-refractivity contribution in [3.05, 3.63) is 76.5 Å². The van der Waals surface area contributed by atoms with Crippen LogP contribution >= 0.6 is 11.3 Å². The van der Waals surface area contributed by atoms with E-state index in [1.165, 1.54) is 23.5 Å². The molecule has 0 spiro atoms. The van der Waals surface area contributed by atoms with Crippen molar-refractivity contribution < 1.29 is 18.0 Å². The molecule has 0 radical (unpaired) electrons. The van der Waals surface area contributed by atoms with E-state index in [2.05, 4.69) is 5.32 Å². The average molecular weight is 441 g/mol. The molecule has 2 aromatic carbocycles. The molecule has 0 saturated carbocycles. The van der Waals surface area contributed by atoms with E-state index in [1.54, 1.807) is 41.3 Å². The van der Waals surface area contributed by atoms with Crippen LogP contribution in [0.3, 0.4) is 0 Å². The van der Waals surface area contributed by atoms with Crippen LogP contribution in [0.2, 0.25) is 0 Å². The van der Waals surface area contributed by atoms with Gasteiger partial charge in [0.25, 0.3) is 5.91 Å². The standard InChI is InChI=1S/C22H20N2O4S2/c25-21(11-14-30(27,28)18-5-2-1-3-6-18)23-17-9-8-16-10-12-24(19(16)15-17)22(26)20-7-4-13-29-20/h1-9,13,15H,10-12,14H2,(H,23,25). The highest BCUT2D eigenvalue weighted by atomic mass is 32.2. The van der Waals surface area contributed by atoms with Gasteiger partial charge in [0.15, 0.2) is 9.84 Å². The number of anilines is 2. The number of amides is 2. The van der Waals surface area contributed by atoms with Crippen molar-refractivity contribution in [2.45, 2.75) is 17.7 Å². The fourth-order valence-corrected chi connectivity index (χ4v) is 5.33. The first-order valence-electron chi connectivity index (χ1n) is 9.50. The number of fused-ring (bicyclic) bond motifs is 1. The van der Waals surface area contributed by atoms with Crippen LogP contribution in [-0.2, 0) is 21.1 Å². The molecule has 1 aromatic heterocycles. The lowest BCUT2D eigenvalue weighted by molar-refractivity contribution is -0.115. The lowest BCUT2D eigenvalue weighted by atomic mass is 10.1. The number of carbonyl (C=O) groups is 2. The van der Waals surface area contributed by atoms with E-state index >= 15 is 0 Å². The van der Waals surface area contributed by atoms with Gasteiger partial charge in [-0.05, 0) is 47.7 Å². The minimum absolute atomic E-state index is 0.0545. The number of carbonyl (C=O) groups excluding carboxylic acids is 2. The predicted octanol–water partition coefficient (Wildman–Crippen LogP) is 3.75. The van der Waals surface area contributed by atoms with Crippen molar-refractivity contribution >= 4 is 44.4 Å². The van der Waals surface area contributed by atoms with E-state index in [-0.39, 0.29) is 28.9 Å². The summed E-state index contributed by atoms with van der Waals surface area (Å²) in [6.07, 6.45) is 0.613. The number of hydrogen-bond donors (Lipinski definition) is 1. The maximum absolute atomic E-state index is 12.7. The van der Waals surface area contributed by atoms with Crippen LogP contribution in [0.1, 0.15) is 21.7 Å². The Morgan fingerprint density at radius 1 is 1.03 bits per heavy atom. The molecule has 2 amide bonds. The van der Waals surface area contributed by atoms with E-state index in [0.717, 1.165) is 17.7 Å². The first kappa shape index (κ1) is 20.3. The zero-order valence-electron chi connectivity index (χ0n) is 16.1. The highest BCUT2D eigenvalue weighted by Gasteiger charge is 2.26. The highest BCUT2D eigenvalue weighted by molar-refractivity contribution is 7.91. The summed E-state index contributed by atoms with van der Waals surface area (Å²) < 4.78 is 24.7. The number of nitrogens with zero attached hydrogens (tertiary/aromatic N) is 1. The Balaban J connectivity index is 1.43. The molecule has 0 saturated heterocycles. The first-order valence-corrected chi connectivity index (χ1v) is 12.0. The van der Waals surface area contributed by atoms with Crippen molar-refractivity contribution in [2.75, 3.05) is 22.5 Å². The first-order chi connectivity index (χ1) is 14.4. The third-order valence-electron chi connectivity index (χ3n) is 4.94. The molecule has 4 rings (SSSR count). The molecule has 1 aliphatic heterocycles. The van der Waals surface area contributed by atoms with Crippen LogP contribution in [0.25, 0.3) is 0 Å². The van der Waals surface area contributed by atoms with Crippen molar-refractivity contribution in [2.24, 2.45) is 0 Å². The minimum Gasteiger partial charge on any atom is -0.326 e. The Morgan fingerprint density at radius 3 is 2.57 bits per heavy atom. The SMILES string of the molecule is O=C(CCS(=O)(=O)c1ccccc1)Nc1ccc2c(c1)N(C(=O)c1cccs1)CC2. The molecule has 0 unspecified atom stereocenters.